The Morgan fingerprint density at radius 1 is 1.14 bits per heavy atom. The Labute approximate surface area is 86.5 Å². The van der Waals surface area contributed by atoms with Crippen molar-refractivity contribution in [2.45, 2.75) is 37.7 Å². The summed E-state index contributed by atoms with van der Waals surface area (Å²) < 4.78 is 0. The van der Waals surface area contributed by atoms with Crippen LogP contribution in [0.15, 0.2) is 0 Å². The van der Waals surface area contributed by atoms with Gasteiger partial charge in [-0.2, -0.15) is 0 Å². The van der Waals surface area contributed by atoms with Gasteiger partial charge in [-0.3, -0.25) is 0 Å². The predicted octanol–water partition coefficient (Wildman–Crippen LogP) is 0.587. The first kappa shape index (κ1) is 10.4. The molecule has 0 unspecified atom stereocenters. The molecule has 1 saturated heterocycles. The largest absolute Gasteiger partial charge is 0.389 e. The van der Waals surface area contributed by atoms with Crippen molar-refractivity contribution < 1.29 is 5.11 Å². The number of hydrogen-bond donors (Lipinski definition) is 2. The third kappa shape index (κ3) is 2.69. The minimum absolute atomic E-state index is 0.356. The number of hydrogen-bond acceptors (Lipinski definition) is 3. The van der Waals surface area contributed by atoms with Crippen molar-refractivity contribution in [1.29, 1.82) is 0 Å². The monoisotopic (exact) mass is 198 g/mol. The highest BCUT2D eigenvalue weighted by atomic mass is 16.3. The Balaban J connectivity index is 1.50. The number of nitrogens with zero attached hydrogens (tertiary/aromatic N) is 1. The van der Waals surface area contributed by atoms with E-state index in [0.29, 0.717) is 0 Å². The fourth-order valence-corrected chi connectivity index (χ4v) is 2.33. The first-order valence-corrected chi connectivity index (χ1v) is 5.94. The van der Waals surface area contributed by atoms with E-state index in [4.69, 9.17) is 0 Å². The van der Waals surface area contributed by atoms with Gasteiger partial charge in [0.1, 0.15) is 0 Å². The second-order valence-electron chi connectivity index (χ2n) is 4.80. The maximum absolute atomic E-state index is 9.83. The highest BCUT2D eigenvalue weighted by Gasteiger charge is 2.33. The van der Waals surface area contributed by atoms with Gasteiger partial charge in [0.25, 0.3) is 0 Å². The van der Waals surface area contributed by atoms with Crippen LogP contribution in [0, 0.1) is 0 Å². The second kappa shape index (κ2) is 4.60. The van der Waals surface area contributed by atoms with Crippen molar-refractivity contribution in [3.8, 4) is 0 Å². The predicted molar refractivity (Wildman–Crippen MR) is 57.3 cm³/mol. The summed E-state index contributed by atoms with van der Waals surface area (Å²) in [6.07, 6.45) is 5.91. The zero-order chi connectivity index (χ0) is 9.86. The Kier molecular flexibility index (Phi) is 3.42. The molecule has 0 radical (unpaired) electrons. The first-order chi connectivity index (χ1) is 6.79. The van der Waals surface area contributed by atoms with Crippen molar-refractivity contribution in [2.75, 3.05) is 32.7 Å². The SMILES string of the molecule is OC1(CNCCN2CCCC2)CCC1. The average Bonchev–Trinajstić information content (AvgIpc) is 2.62. The van der Waals surface area contributed by atoms with Crippen LogP contribution >= 0.6 is 0 Å². The molecule has 2 fully saturated rings. The molecule has 0 spiro atoms. The molecule has 0 aromatic heterocycles. The number of rotatable bonds is 5. The van der Waals surface area contributed by atoms with Crippen molar-refractivity contribution in [2.24, 2.45) is 0 Å². The third-order valence-electron chi connectivity index (χ3n) is 3.54. The molecule has 14 heavy (non-hydrogen) atoms. The van der Waals surface area contributed by atoms with Gasteiger partial charge in [0, 0.05) is 19.6 Å². The Morgan fingerprint density at radius 2 is 1.86 bits per heavy atom. The van der Waals surface area contributed by atoms with E-state index in [1.807, 2.05) is 0 Å². The number of likely N-dealkylation sites (tertiary alicyclic amines) is 1. The van der Waals surface area contributed by atoms with E-state index >= 15 is 0 Å². The summed E-state index contributed by atoms with van der Waals surface area (Å²) in [4.78, 5) is 2.50. The van der Waals surface area contributed by atoms with Crippen LogP contribution in [-0.2, 0) is 0 Å². The highest BCUT2D eigenvalue weighted by Crippen LogP contribution is 2.30. The molecule has 3 heteroatoms. The lowest BCUT2D eigenvalue weighted by molar-refractivity contribution is -0.0313. The van der Waals surface area contributed by atoms with Crippen LogP contribution in [0.1, 0.15) is 32.1 Å². The van der Waals surface area contributed by atoms with Gasteiger partial charge in [-0.25, -0.2) is 0 Å². The average molecular weight is 198 g/mol. The van der Waals surface area contributed by atoms with Gasteiger partial charge in [-0.05, 0) is 45.2 Å². The van der Waals surface area contributed by atoms with Crippen molar-refractivity contribution in [3.05, 3.63) is 0 Å². The molecule has 82 valence electrons. The maximum atomic E-state index is 9.83. The van der Waals surface area contributed by atoms with Gasteiger partial charge in [0.05, 0.1) is 5.60 Å². The molecule has 1 aliphatic heterocycles. The first-order valence-electron chi connectivity index (χ1n) is 5.94. The molecule has 1 saturated carbocycles. The second-order valence-corrected chi connectivity index (χ2v) is 4.80. The van der Waals surface area contributed by atoms with Crippen molar-refractivity contribution >= 4 is 0 Å². The van der Waals surface area contributed by atoms with Gasteiger partial charge in [-0.15, -0.1) is 0 Å². The van der Waals surface area contributed by atoms with E-state index in [1.54, 1.807) is 0 Å². The molecular weight excluding hydrogens is 176 g/mol. The minimum atomic E-state index is -0.356. The summed E-state index contributed by atoms with van der Waals surface area (Å²) >= 11 is 0. The molecule has 0 aromatic carbocycles. The van der Waals surface area contributed by atoms with Crippen LogP contribution < -0.4 is 5.32 Å². The molecule has 0 aromatic rings. The molecule has 2 rings (SSSR count). The van der Waals surface area contributed by atoms with Crippen LogP contribution in [0.2, 0.25) is 0 Å². The van der Waals surface area contributed by atoms with E-state index in [9.17, 15) is 5.11 Å². The standard InChI is InChI=1S/C11H22N2O/c14-11(4-3-5-11)10-12-6-9-13-7-1-2-8-13/h12,14H,1-10H2. The molecule has 2 N–H and O–H groups in total. The normalized spacial score (nSPS) is 26.4. The molecule has 0 bridgehead atoms. The quantitative estimate of drug-likeness (QED) is 0.635. The van der Waals surface area contributed by atoms with Crippen molar-refractivity contribution in [3.63, 3.8) is 0 Å². The molecular formula is C11H22N2O. The summed E-state index contributed by atoms with van der Waals surface area (Å²) in [6.45, 7) is 5.51. The summed E-state index contributed by atoms with van der Waals surface area (Å²) in [5.41, 5.74) is -0.356. The number of aliphatic hydroxyl groups is 1. The molecule has 1 aliphatic carbocycles. The smallest absolute Gasteiger partial charge is 0.0771 e. The van der Waals surface area contributed by atoms with Crippen LogP contribution in [0.25, 0.3) is 0 Å². The Hall–Kier alpha value is -0.120. The summed E-state index contributed by atoms with van der Waals surface area (Å²) in [6, 6.07) is 0. The van der Waals surface area contributed by atoms with Gasteiger partial charge < -0.3 is 15.3 Å². The third-order valence-corrected chi connectivity index (χ3v) is 3.54. The zero-order valence-corrected chi connectivity index (χ0v) is 8.97. The Morgan fingerprint density at radius 3 is 2.43 bits per heavy atom. The molecule has 1 heterocycles. The highest BCUT2D eigenvalue weighted by molar-refractivity contribution is 4.89. The van der Waals surface area contributed by atoms with Crippen LogP contribution in [-0.4, -0.2) is 48.3 Å². The van der Waals surface area contributed by atoms with Gasteiger partial charge in [0.15, 0.2) is 0 Å². The number of nitrogens with one attached hydrogen (secondary N) is 1. The van der Waals surface area contributed by atoms with Gasteiger partial charge in [-0.1, -0.05) is 0 Å². The molecule has 2 aliphatic rings. The lowest BCUT2D eigenvalue weighted by Gasteiger charge is -2.36. The summed E-state index contributed by atoms with van der Waals surface area (Å²) in [5.74, 6) is 0. The van der Waals surface area contributed by atoms with E-state index in [1.165, 1.54) is 32.4 Å². The summed E-state index contributed by atoms with van der Waals surface area (Å²) in [7, 11) is 0. The van der Waals surface area contributed by atoms with E-state index in [-0.39, 0.29) is 5.60 Å². The van der Waals surface area contributed by atoms with Crippen LogP contribution in [0.5, 0.6) is 0 Å². The fourth-order valence-electron chi connectivity index (χ4n) is 2.33. The van der Waals surface area contributed by atoms with Crippen LogP contribution in [0.4, 0.5) is 0 Å². The Bertz CT molecular complexity index is 174. The van der Waals surface area contributed by atoms with Gasteiger partial charge >= 0.3 is 0 Å². The zero-order valence-electron chi connectivity index (χ0n) is 8.97. The lowest BCUT2D eigenvalue weighted by atomic mass is 9.80. The maximum Gasteiger partial charge on any atom is 0.0771 e. The van der Waals surface area contributed by atoms with Crippen LogP contribution in [0.3, 0.4) is 0 Å². The fraction of sp³-hybridized carbons (Fsp3) is 1.00. The molecule has 0 amide bonds. The van der Waals surface area contributed by atoms with E-state index in [2.05, 4.69) is 10.2 Å². The van der Waals surface area contributed by atoms with Crippen molar-refractivity contribution in [1.82, 2.24) is 10.2 Å². The topological polar surface area (TPSA) is 35.5 Å². The summed E-state index contributed by atoms with van der Waals surface area (Å²) in [5, 5.41) is 13.2. The minimum Gasteiger partial charge on any atom is -0.389 e. The van der Waals surface area contributed by atoms with Gasteiger partial charge in [0.2, 0.25) is 0 Å². The van der Waals surface area contributed by atoms with E-state index in [0.717, 1.165) is 32.5 Å². The van der Waals surface area contributed by atoms with E-state index < -0.39 is 0 Å². The molecule has 0 atom stereocenters. The lowest BCUT2D eigenvalue weighted by Crippen LogP contribution is -2.47. The molecule has 3 nitrogen and oxygen atoms in total.